The van der Waals surface area contributed by atoms with E-state index in [-0.39, 0.29) is 17.7 Å². The molecule has 2 aromatic rings. The molecule has 2 aromatic heterocycles. The first-order chi connectivity index (χ1) is 11.0. The maximum absolute atomic E-state index is 12.4. The highest BCUT2D eigenvalue weighted by Gasteiger charge is 2.28. The Bertz CT molecular complexity index is 719. The van der Waals surface area contributed by atoms with E-state index in [0.29, 0.717) is 43.1 Å². The molecule has 23 heavy (non-hydrogen) atoms. The minimum atomic E-state index is -0.106. The number of aryl methyl sites for hydroxylation is 1. The summed E-state index contributed by atoms with van der Waals surface area (Å²) in [5, 5.41) is 8.37. The monoisotopic (exact) mass is 397 g/mol. The largest absolute Gasteiger partial charge is 0.360 e. The number of halogens is 1. The Balaban J connectivity index is 1.53. The first kappa shape index (κ1) is 16.2. The second-order valence-corrected chi connectivity index (χ2v) is 7.81. The van der Waals surface area contributed by atoms with Gasteiger partial charge in [0.2, 0.25) is 5.91 Å². The Morgan fingerprint density at radius 1 is 1.39 bits per heavy atom. The molecule has 0 aliphatic carbocycles. The van der Waals surface area contributed by atoms with E-state index in [1.165, 1.54) is 11.3 Å². The summed E-state index contributed by atoms with van der Waals surface area (Å²) in [5.74, 6) is 0.948. The van der Waals surface area contributed by atoms with Crippen LogP contribution in [-0.2, 0) is 4.79 Å². The minimum absolute atomic E-state index is 0.0259. The van der Waals surface area contributed by atoms with Crippen LogP contribution in [0, 0.1) is 12.8 Å². The number of hydrogen-bond donors (Lipinski definition) is 1. The predicted molar refractivity (Wildman–Crippen MR) is 90.5 cm³/mol. The summed E-state index contributed by atoms with van der Waals surface area (Å²) in [6.07, 6.45) is 1.30. The molecule has 0 atom stereocenters. The van der Waals surface area contributed by atoms with Gasteiger partial charge >= 0.3 is 0 Å². The van der Waals surface area contributed by atoms with Gasteiger partial charge in [-0.3, -0.25) is 9.59 Å². The van der Waals surface area contributed by atoms with E-state index in [9.17, 15) is 9.59 Å². The molecule has 1 aliphatic heterocycles. The van der Waals surface area contributed by atoms with Gasteiger partial charge in [-0.1, -0.05) is 5.16 Å². The fourth-order valence-corrected chi connectivity index (χ4v) is 3.73. The van der Waals surface area contributed by atoms with Crippen LogP contribution in [0.15, 0.2) is 25.8 Å². The van der Waals surface area contributed by atoms with E-state index in [4.69, 9.17) is 4.52 Å². The van der Waals surface area contributed by atoms with Gasteiger partial charge in [0.15, 0.2) is 5.82 Å². The molecule has 0 bridgehead atoms. The van der Waals surface area contributed by atoms with Gasteiger partial charge in [-0.05, 0) is 41.8 Å². The molecule has 1 aliphatic rings. The summed E-state index contributed by atoms with van der Waals surface area (Å²) in [6.45, 7) is 2.94. The van der Waals surface area contributed by atoms with Crippen molar-refractivity contribution in [1.29, 1.82) is 0 Å². The van der Waals surface area contributed by atoms with Crippen molar-refractivity contribution in [1.82, 2.24) is 10.1 Å². The molecule has 3 heterocycles. The number of nitrogens with one attached hydrogen (secondary N) is 1. The number of piperidine rings is 1. The highest BCUT2D eigenvalue weighted by Crippen LogP contribution is 2.25. The van der Waals surface area contributed by atoms with Crippen LogP contribution in [-0.4, -0.2) is 35.0 Å². The third-order valence-corrected chi connectivity index (χ3v) is 5.35. The Morgan fingerprint density at radius 2 is 2.13 bits per heavy atom. The second kappa shape index (κ2) is 6.84. The van der Waals surface area contributed by atoms with Crippen LogP contribution in [0.2, 0.25) is 0 Å². The molecule has 1 fully saturated rings. The molecule has 0 spiro atoms. The average Bonchev–Trinajstić information content (AvgIpc) is 3.15. The van der Waals surface area contributed by atoms with E-state index in [2.05, 4.69) is 26.4 Å². The molecule has 2 amide bonds. The van der Waals surface area contributed by atoms with E-state index in [1.807, 2.05) is 11.4 Å². The van der Waals surface area contributed by atoms with E-state index in [0.717, 1.165) is 3.79 Å². The van der Waals surface area contributed by atoms with Crippen LogP contribution in [0.25, 0.3) is 0 Å². The van der Waals surface area contributed by atoms with Crippen LogP contribution in [0.1, 0.15) is 29.0 Å². The zero-order valence-electron chi connectivity index (χ0n) is 12.5. The molecule has 6 nitrogen and oxygen atoms in total. The fraction of sp³-hybridized carbons (Fsp3) is 0.400. The Morgan fingerprint density at radius 3 is 2.70 bits per heavy atom. The topological polar surface area (TPSA) is 75.4 Å². The number of nitrogens with zero attached hydrogens (tertiary/aromatic N) is 2. The zero-order chi connectivity index (χ0) is 16.4. The number of carbonyl (C=O) groups excluding carboxylic acids is 2. The van der Waals surface area contributed by atoms with Crippen LogP contribution >= 0.6 is 27.3 Å². The number of amides is 2. The van der Waals surface area contributed by atoms with Gasteiger partial charge in [0.1, 0.15) is 5.76 Å². The Labute approximate surface area is 146 Å². The SMILES string of the molecule is Cc1cc(NC(=O)C2CCN(C(=O)c3csc(Br)c3)CC2)no1. The van der Waals surface area contributed by atoms with Gasteiger partial charge in [-0.15, -0.1) is 11.3 Å². The third kappa shape index (κ3) is 3.81. The molecule has 8 heteroatoms. The van der Waals surface area contributed by atoms with Crippen molar-refractivity contribution in [2.24, 2.45) is 5.92 Å². The van der Waals surface area contributed by atoms with Crippen LogP contribution in [0.5, 0.6) is 0 Å². The average molecular weight is 398 g/mol. The first-order valence-electron chi connectivity index (χ1n) is 7.30. The maximum Gasteiger partial charge on any atom is 0.254 e. The van der Waals surface area contributed by atoms with Crippen molar-refractivity contribution < 1.29 is 14.1 Å². The standard InChI is InChI=1S/C15H16BrN3O3S/c1-9-6-13(18-22-9)17-14(20)10-2-4-19(5-3-10)15(21)11-7-12(16)23-8-11/h6-8,10H,2-5H2,1H3,(H,17,18,20). The number of hydrogen-bond acceptors (Lipinski definition) is 5. The number of thiophene rings is 1. The zero-order valence-corrected chi connectivity index (χ0v) is 14.9. The summed E-state index contributed by atoms with van der Waals surface area (Å²) >= 11 is 4.86. The van der Waals surface area contributed by atoms with E-state index >= 15 is 0 Å². The van der Waals surface area contributed by atoms with Gasteiger partial charge in [0.05, 0.1) is 9.35 Å². The lowest BCUT2D eigenvalue weighted by atomic mass is 9.95. The van der Waals surface area contributed by atoms with Crippen molar-refractivity contribution in [3.63, 3.8) is 0 Å². The van der Waals surface area contributed by atoms with Crippen molar-refractivity contribution in [3.8, 4) is 0 Å². The van der Waals surface area contributed by atoms with Crippen molar-refractivity contribution in [2.45, 2.75) is 19.8 Å². The lowest BCUT2D eigenvalue weighted by Crippen LogP contribution is -2.41. The number of rotatable bonds is 3. The van der Waals surface area contributed by atoms with Crippen molar-refractivity contribution >= 4 is 44.9 Å². The summed E-state index contributed by atoms with van der Waals surface area (Å²) in [7, 11) is 0. The molecular formula is C15H16BrN3O3S. The number of anilines is 1. The van der Waals surface area contributed by atoms with Gasteiger partial charge < -0.3 is 14.7 Å². The lowest BCUT2D eigenvalue weighted by Gasteiger charge is -2.31. The molecule has 0 radical (unpaired) electrons. The number of likely N-dealkylation sites (tertiary alicyclic amines) is 1. The highest BCUT2D eigenvalue weighted by atomic mass is 79.9. The highest BCUT2D eigenvalue weighted by molar-refractivity contribution is 9.11. The number of carbonyl (C=O) groups is 2. The molecule has 1 N–H and O–H groups in total. The molecule has 0 saturated carbocycles. The second-order valence-electron chi connectivity index (χ2n) is 5.52. The lowest BCUT2D eigenvalue weighted by molar-refractivity contribution is -0.121. The summed E-state index contributed by atoms with van der Waals surface area (Å²) < 4.78 is 5.87. The van der Waals surface area contributed by atoms with Crippen LogP contribution in [0.3, 0.4) is 0 Å². The summed E-state index contributed by atoms with van der Waals surface area (Å²) in [6, 6.07) is 3.52. The number of aromatic nitrogens is 1. The van der Waals surface area contributed by atoms with Crippen LogP contribution in [0.4, 0.5) is 5.82 Å². The molecule has 0 aromatic carbocycles. The van der Waals surface area contributed by atoms with E-state index < -0.39 is 0 Å². The minimum Gasteiger partial charge on any atom is -0.360 e. The molecule has 0 unspecified atom stereocenters. The summed E-state index contributed by atoms with van der Waals surface area (Å²) in [4.78, 5) is 26.4. The molecule has 1 saturated heterocycles. The summed E-state index contributed by atoms with van der Waals surface area (Å²) in [5.41, 5.74) is 0.697. The van der Waals surface area contributed by atoms with Crippen molar-refractivity contribution in [2.75, 3.05) is 18.4 Å². The van der Waals surface area contributed by atoms with Gasteiger partial charge in [0.25, 0.3) is 5.91 Å². The maximum atomic E-state index is 12.4. The first-order valence-corrected chi connectivity index (χ1v) is 8.97. The fourth-order valence-electron chi connectivity index (χ4n) is 2.60. The predicted octanol–water partition coefficient (Wildman–Crippen LogP) is 3.30. The quantitative estimate of drug-likeness (QED) is 0.861. The van der Waals surface area contributed by atoms with Gasteiger partial charge in [-0.25, -0.2) is 0 Å². The Kier molecular flexibility index (Phi) is 4.82. The van der Waals surface area contributed by atoms with Crippen LogP contribution < -0.4 is 5.32 Å². The van der Waals surface area contributed by atoms with Gasteiger partial charge in [0, 0.05) is 30.5 Å². The normalized spacial score (nSPS) is 15.7. The smallest absolute Gasteiger partial charge is 0.254 e. The van der Waals surface area contributed by atoms with Gasteiger partial charge in [-0.2, -0.15) is 0 Å². The molecule has 3 rings (SSSR count). The van der Waals surface area contributed by atoms with E-state index in [1.54, 1.807) is 17.9 Å². The Hall–Kier alpha value is -1.67. The third-order valence-electron chi connectivity index (χ3n) is 3.85. The molecule has 122 valence electrons. The van der Waals surface area contributed by atoms with Crippen molar-refractivity contribution in [3.05, 3.63) is 32.6 Å². The molecular weight excluding hydrogens is 382 g/mol.